The second-order valence-electron chi connectivity index (χ2n) is 7.58. The summed E-state index contributed by atoms with van der Waals surface area (Å²) >= 11 is 4.86. The van der Waals surface area contributed by atoms with Crippen LogP contribution in [0.3, 0.4) is 0 Å². The number of carbonyl (C=O) groups is 1. The van der Waals surface area contributed by atoms with Crippen molar-refractivity contribution in [3.63, 3.8) is 0 Å². The zero-order valence-corrected chi connectivity index (χ0v) is 20.5. The van der Waals surface area contributed by atoms with Gasteiger partial charge in [0.1, 0.15) is 12.4 Å². The smallest absolute Gasteiger partial charge is 0.264 e. The number of nitrogens with one attached hydrogen (secondary N) is 1. The molecule has 5 nitrogen and oxygen atoms in total. The Labute approximate surface area is 205 Å². The van der Waals surface area contributed by atoms with E-state index in [4.69, 9.17) is 4.74 Å². The summed E-state index contributed by atoms with van der Waals surface area (Å²) in [6, 6.07) is 21.2. The lowest BCUT2D eigenvalue weighted by molar-refractivity contribution is -0.115. The number of amides is 1. The number of benzene rings is 3. The summed E-state index contributed by atoms with van der Waals surface area (Å²) < 4.78 is 6.65. The van der Waals surface area contributed by atoms with Crippen LogP contribution < -0.4 is 10.1 Å². The number of thioether (sulfide) groups is 1. The summed E-state index contributed by atoms with van der Waals surface area (Å²) in [7, 11) is 0. The Bertz CT molecular complexity index is 1320. The van der Waals surface area contributed by atoms with E-state index in [2.05, 4.69) is 38.4 Å². The van der Waals surface area contributed by atoms with Gasteiger partial charge in [-0.2, -0.15) is 5.26 Å². The molecule has 0 radical (unpaired) electrons. The Morgan fingerprint density at radius 1 is 1.12 bits per heavy atom. The van der Waals surface area contributed by atoms with Gasteiger partial charge < -0.3 is 10.1 Å². The molecule has 7 heteroatoms. The minimum absolute atomic E-state index is 0.173. The number of aryl methyl sites for hydroxylation is 2. The minimum Gasteiger partial charge on any atom is -0.488 e. The van der Waals surface area contributed by atoms with Crippen LogP contribution in [-0.4, -0.2) is 11.1 Å². The second kappa shape index (κ2) is 10.1. The summed E-state index contributed by atoms with van der Waals surface area (Å²) in [5.74, 6) is 0.484. The molecule has 0 saturated carbocycles. The maximum Gasteiger partial charge on any atom is 0.264 e. The van der Waals surface area contributed by atoms with Crippen LogP contribution in [-0.2, 0) is 11.4 Å². The van der Waals surface area contributed by atoms with E-state index in [9.17, 15) is 10.1 Å². The highest BCUT2D eigenvalue weighted by molar-refractivity contribution is 9.10. The fraction of sp³-hybridized carbons (Fsp3) is 0.115. The van der Waals surface area contributed by atoms with Crippen molar-refractivity contribution in [1.82, 2.24) is 5.32 Å². The molecule has 0 unspecified atom stereocenters. The first-order valence-electron chi connectivity index (χ1n) is 10.2. The van der Waals surface area contributed by atoms with Gasteiger partial charge in [0.05, 0.1) is 26.7 Å². The summed E-state index contributed by atoms with van der Waals surface area (Å²) in [5.41, 5.74) is 5.35. The van der Waals surface area contributed by atoms with Gasteiger partial charge in [-0.15, -0.1) is 0 Å². The second-order valence-corrected chi connectivity index (χ2v) is 9.46. The molecule has 1 amide bonds. The third kappa shape index (κ3) is 5.72. The SMILES string of the molecule is Cc1cc(C)cc(N=C2NC(=O)/C(=C/c3ccc(OCc4ccccc4C#N)c(Br)c3)S2)c1. The normalized spacial score (nSPS) is 15.5. The number of carbonyl (C=O) groups excluding carboxylic acids is 1. The molecule has 1 aliphatic heterocycles. The van der Waals surface area contributed by atoms with E-state index in [1.807, 2.05) is 68.5 Å². The molecule has 164 valence electrons. The lowest BCUT2D eigenvalue weighted by atomic mass is 10.1. The number of aliphatic imine (C=N–C) groups is 1. The Morgan fingerprint density at radius 3 is 2.61 bits per heavy atom. The van der Waals surface area contributed by atoms with Crippen molar-refractivity contribution in [1.29, 1.82) is 5.26 Å². The lowest BCUT2D eigenvalue weighted by Crippen LogP contribution is -2.19. The first-order chi connectivity index (χ1) is 15.9. The number of nitrogens with zero attached hydrogens (tertiary/aromatic N) is 2. The average Bonchev–Trinajstić information content (AvgIpc) is 3.11. The highest BCUT2D eigenvalue weighted by Gasteiger charge is 2.24. The standard InChI is InChI=1S/C26H20BrN3O2S/c1-16-9-17(2)11-21(10-16)29-26-30-25(31)24(33-26)13-18-7-8-23(22(27)12-18)32-15-20-6-4-3-5-19(20)14-28/h3-13H,15H2,1-2H3,(H,29,30,31)/b24-13-. The van der Waals surface area contributed by atoms with Gasteiger partial charge in [-0.25, -0.2) is 4.99 Å². The average molecular weight is 518 g/mol. The van der Waals surface area contributed by atoms with Gasteiger partial charge in [0.25, 0.3) is 5.91 Å². The molecule has 1 N–H and O–H groups in total. The van der Waals surface area contributed by atoms with Gasteiger partial charge in [0.15, 0.2) is 5.17 Å². The van der Waals surface area contributed by atoms with Crippen LogP contribution in [0.2, 0.25) is 0 Å². The lowest BCUT2D eigenvalue weighted by Gasteiger charge is -2.10. The molecule has 4 rings (SSSR count). The highest BCUT2D eigenvalue weighted by atomic mass is 79.9. The fourth-order valence-electron chi connectivity index (χ4n) is 3.40. The maximum absolute atomic E-state index is 12.4. The van der Waals surface area contributed by atoms with Crippen LogP contribution in [0, 0.1) is 25.2 Å². The van der Waals surface area contributed by atoms with E-state index >= 15 is 0 Å². The molecule has 1 saturated heterocycles. The van der Waals surface area contributed by atoms with Crippen molar-refractivity contribution in [2.75, 3.05) is 0 Å². The van der Waals surface area contributed by atoms with Crippen molar-refractivity contribution in [3.8, 4) is 11.8 Å². The fourth-order valence-corrected chi connectivity index (χ4v) is 4.75. The van der Waals surface area contributed by atoms with Crippen LogP contribution in [0.15, 0.2) is 75.0 Å². The van der Waals surface area contributed by atoms with Crippen molar-refractivity contribution in [3.05, 3.63) is 97.9 Å². The number of hydrogen-bond donors (Lipinski definition) is 1. The van der Waals surface area contributed by atoms with Crippen LogP contribution in [0.4, 0.5) is 5.69 Å². The summed E-state index contributed by atoms with van der Waals surface area (Å²) in [6.07, 6.45) is 1.82. The molecule has 0 spiro atoms. The van der Waals surface area contributed by atoms with E-state index < -0.39 is 0 Å². The quantitative estimate of drug-likeness (QED) is 0.396. The largest absolute Gasteiger partial charge is 0.488 e. The maximum atomic E-state index is 12.4. The monoisotopic (exact) mass is 517 g/mol. The van der Waals surface area contributed by atoms with Gasteiger partial charge in [-0.05, 0) is 94.6 Å². The topological polar surface area (TPSA) is 74.5 Å². The molecular weight excluding hydrogens is 498 g/mol. The number of nitriles is 1. The molecule has 33 heavy (non-hydrogen) atoms. The molecule has 1 heterocycles. The summed E-state index contributed by atoms with van der Waals surface area (Å²) in [4.78, 5) is 17.6. The zero-order chi connectivity index (χ0) is 23.4. The van der Waals surface area contributed by atoms with Gasteiger partial charge in [0, 0.05) is 5.56 Å². The van der Waals surface area contributed by atoms with Crippen molar-refractivity contribution >= 4 is 50.5 Å². The van der Waals surface area contributed by atoms with Gasteiger partial charge in [-0.1, -0.05) is 30.3 Å². The van der Waals surface area contributed by atoms with Crippen molar-refractivity contribution in [2.45, 2.75) is 20.5 Å². The molecule has 0 aromatic heterocycles. The molecule has 0 bridgehead atoms. The van der Waals surface area contributed by atoms with Gasteiger partial charge in [0.2, 0.25) is 0 Å². The predicted octanol–water partition coefficient (Wildman–Crippen LogP) is 6.41. The molecule has 1 aliphatic rings. The highest BCUT2D eigenvalue weighted by Crippen LogP contribution is 2.32. The van der Waals surface area contributed by atoms with Crippen molar-refractivity contribution < 1.29 is 9.53 Å². The number of hydrogen-bond acceptors (Lipinski definition) is 5. The Kier molecular flexibility index (Phi) is 6.97. The van der Waals surface area contributed by atoms with Gasteiger partial charge in [-0.3, -0.25) is 4.79 Å². The first-order valence-corrected chi connectivity index (χ1v) is 11.8. The van der Waals surface area contributed by atoms with Crippen LogP contribution >= 0.6 is 27.7 Å². The molecule has 3 aromatic rings. The van der Waals surface area contributed by atoms with Crippen molar-refractivity contribution in [2.24, 2.45) is 4.99 Å². The van der Waals surface area contributed by atoms with Gasteiger partial charge >= 0.3 is 0 Å². The van der Waals surface area contributed by atoms with Crippen LogP contribution in [0.25, 0.3) is 6.08 Å². The Balaban J connectivity index is 1.48. The number of halogens is 1. The number of amidine groups is 1. The van der Waals surface area contributed by atoms with E-state index in [0.29, 0.717) is 28.0 Å². The zero-order valence-electron chi connectivity index (χ0n) is 18.1. The molecule has 3 aromatic carbocycles. The van der Waals surface area contributed by atoms with E-state index in [1.54, 1.807) is 6.07 Å². The van der Waals surface area contributed by atoms with Crippen LogP contribution in [0.1, 0.15) is 27.8 Å². The number of rotatable bonds is 5. The van der Waals surface area contributed by atoms with E-state index in [0.717, 1.165) is 32.4 Å². The third-order valence-electron chi connectivity index (χ3n) is 4.86. The Morgan fingerprint density at radius 2 is 1.88 bits per heavy atom. The molecule has 1 fully saturated rings. The van der Waals surface area contributed by atoms with Crippen LogP contribution in [0.5, 0.6) is 5.75 Å². The minimum atomic E-state index is -0.173. The first kappa shape index (κ1) is 22.8. The summed E-state index contributed by atoms with van der Waals surface area (Å²) in [6.45, 7) is 4.34. The van der Waals surface area contributed by atoms with E-state index in [-0.39, 0.29) is 5.91 Å². The third-order valence-corrected chi connectivity index (χ3v) is 6.39. The predicted molar refractivity (Wildman–Crippen MR) is 136 cm³/mol. The summed E-state index contributed by atoms with van der Waals surface area (Å²) in [5, 5.41) is 12.6. The molecule has 0 atom stereocenters. The Hall–Kier alpha value is -3.34. The number of ether oxygens (including phenoxy) is 1. The molecular formula is C26H20BrN3O2S. The molecule has 0 aliphatic carbocycles. The van der Waals surface area contributed by atoms with E-state index in [1.165, 1.54) is 11.8 Å².